The maximum Gasteiger partial charge on any atom is 0.146 e. The van der Waals surface area contributed by atoms with E-state index in [0.29, 0.717) is 16.6 Å². The Kier molecular flexibility index (Phi) is 2.92. The Balaban J connectivity index is 1.96. The number of hydrogen-bond donors (Lipinski definition) is 1. The molecular formula is C11H13ClFN. The summed E-state index contributed by atoms with van der Waals surface area (Å²) in [6.45, 7) is 0.858. The highest BCUT2D eigenvalue weighted by Gasteiger charge is 2.17. The summed E-state index contributed by atoms with van der Waals surface area (Å²) in [7, 11) is 0. The minimum Gasteiger partial charge on any atom is -0.382 e. The average Bonchev–Trinajstić information content (AvgIpc) is 2.08. The molecule has 1 saturated carbocycles. The molecule has 1 fully saturated rings. The first-order valence-corrected chi connectivity index (χ1v) is 5.32. The van der Waals surface area contributed by atoms with E-state index in [1.165, 1.54) is 25.3 Å². The molecule has 1 aromatic carbocycles. The number of rotatable bonds is 3. The summed E-state index contributed by atoms with van der Waals surface area (Å²) < 4.78 is 13.2. The lowest BCUT2D eigenvalue weighted by Crippen LogP contribution is -2.21. The van der Waals surface area contributed by atoms with Crippen LogP contribution in [0.3, 0.4) is 0 Å². The first kappa shape index (κ1) is 9.78. The number of hydrogen-bond acceptors (Lipinski definition) is 1. The lowest BCUT2D eigenvalue weighted by Gasteiger charge is -2.25. The second-order valence-corrected chi connectivity index (χ2v) is 4.24. The summed E-state index contributed by atoms with van der Waals surface area (Å²) in [5, 5.41) is 3.67. The maximum absolute atomic E-state index is 13.2. The van der Waals surface area contributed by atoms with Gasteiger partial charge in [0.05, 0.1) is 5.69 Å². The molecule has 1 aliphatic carbocycles. The summed E-state index contributed by atoms with van der Waals surface area (Å²) in [6.07, 6.45) is 3.83. The van der Waals surface area contributed by atoms with Crippen LogP contribution < -0.4 is 5.32 Å². The second-order valence-electron chi connectivity index (χ2n) is 3.80. The van der Waals surface area contributed by atoms with Crippen molar-refractivity contribution in [2.24, 2.45) is 5.92 Å². The molecule has 14 heavy (non-hydrogen) atoms. The number of anilines is 1. The first-order chi connectivity index (χ1) is 6.75. The lowest BCUT2D eigenvalue weighted by atomic mass is 9.85. The molecular weight excluding hydrogens is 201 g/mol. The Labute approximate surface area is 88.3 Å². The largest absolute Gasteiger partial charge is 0.382 e. The third kappa shape index (κ3) is 2.18. The number of nitrogens with one attached hydrogen (secondary N) is 1. The van der Waals surface area contributed by atoms with Crippen LogP contribution in [0.1, 0.15) is 19.3 Å². The van der Waals surface area contributed by atoms with Gasteiger partial charge in [0.1, 0.15) is 5.82 Å². The van der Waals surface area contributed by atoms with Crippen LogP contribution in [0.25, 0.3) is 0 Å². The highest BCUT2D eigenvalue weighted by molar-refractivity contribution is 6.30. The minimum atomic E-state index is -0.228. The van der Waals surface area contributed by atoms with Crippen molar-refractivity contribution in [2.75, 3.05) is 11.9 Å². The van der Waals surface area contributed by atoms with E-state index in [0.717, 1.165) is 6.54 Å². The summed E-state index contributed by atoms with van der Waals surface area (Å²) in [6, 6.07) is 4.59. The molecule has 3 heteroatoms. The molecule has 76 valence electrons. The molecule has 0 radical (unpaired) electrons. The second kappa shape index (κ2) is 4.18. The molecule has 1 N–H and O–H groups in total. The van der Waals surface area contributed by atoms with Crippen LogP contribution in [0.15, 0.2) is 18.2 Å². The van der Waals surface area contributed by atoms with Crippen LogP contribution in [0.2, 0.25) is 5.02 Å². The molecule has 0 amide bonds. The predicted molar refractivity (Wildman–Crippen MR) is 57.2 cm³/mol. The van der Waals surface area contributed by atoms with Gasteiger partial charge in [-0.3, -0.25) is 0 Å². The van der Waals surface area contributed by atoms with Gasteiger partial charge >= 0.3 is 0 Å². The van der Waals surface area contributed by atoms with Crippen molar-refractivity contribution in [3.8, 4) is 0 Å². The molecule has 1 aliphatic rings. The predicted octanol–water partition coefficient (Wildman–Crippen LogP) is 3.69. The summed E-state index contributed by atoms with van der Waals surface area (Å²) in [5.74, 6) is 0.488. The van der Waals surface area contributed by atoms with Gasteiger partial charge in [0.15, 0.2) is 0 Å². The van der Waals surface area contributed by atoms with Gasteiger partial charge in [0.25, 0.3) is 0 Å². The minimum absolute atomic E-state index is 0.228. The van der Waals surface area contributed by atoms with Crippen molar-refractivity contribution < 1.29 is 4.39 Å². The standard InChI is InChI=1S/C11H13ClFN/c12-9-4-5-10(13)11(6-9)14-7-8-2-1-3-8/h4-6,8,14H,1-3,7H2. The Morgan fingerprint density at radius 3 is 2.86 bits per heavy atom. The van der Waals surface area contributed by atoms with Gasteiger partial charge in [-0.2, -0.15) is 0 Å². The fourth-order valence-corrected chi connectivity index (χ4v) is 1.76. The zero-order valence-corrected chi connectivity index (χ0v) is 8.65. The van der Waals surface area contributed by atoms with E-state index < -0.39 is 0 Å². The normalized spacial score (nSPS) is 16.4. The highest BCUT2D eigenvalue weighted by atomic mass is 35.5. The monoisotopic (exact) mass is 213 g/mol. The zero-order valence-electron chi connectivity index (χ0n) is 7.89. The van der Waals surface area contributed by atoms with Crippen LogP contribution in [0.4, 0.5) is 10.1 Å². The number of halogens is 2. The van der Waals surface area contributed by atoms with Crippen LogP contribution in [0, 0.1) is 11.7 Å². The maximum atomic E-state index is 13.2. The van der Waals surface area contributed by atoms with Gasteiger partial charge in [-0.15, -0.1) is 0 Å². The van der Waals surface area contributed by atoms with Crippen molar-refractivity contribution >= 4 is 17.3 Å². The van der Waals surface area contributed by atoms with Gasteiger partial charge in [-0.05, 0) is 37.0 Å². The van der Waals surface area contributed by atoms with Gasteiger partial charge in [-0.1, -0.05) is 18.0 Å². The van der Waals surface area contributed by atoms with Crippen LogP contribution in [0.5, 0.6) is 0 Å². The van der Waals surface area contributed by atoms with E-state index in [2.05, 4.69) is 5.32 Å². The van der Waals surface area contributed by atoms with E-state index >= 15 is 0 Å². The lowest BCUT2D eigenvalue weighted by molar-refractivity contribution is 0.333. The van der Waals surface area contributed by atoms with E-state index in [4.69, 9.17) is 11.6 Å². The molecule has 1 nitrogen and oxygen atoms in total. The van der Waals surface area contributed by atoms with Gasteiger partial charge in [0.2, 0.25) is 0 Å². The molecule has 0 unspecified atom stereocenters. The Morgan fingerprint density at radius 2 is 2.21 bits per heavy atom. The van der Waals surface area contributed by atoms with Crippen molar-refractivity contribution in [1.82, 2.24) is 0 Å². The van der Waals surface area contributed by atoms with Gasteiger partial charge in [-0.25, -0.2) is 4.39 Å². The average molecular weight is 214 g/mol. The third-order valence-electron chi connectivity index (χ3n) is 2.73. The molecule has 0 aromatic heterocycles. The van der Waals surface area contributed by atoms with Gasteiger partial charge in [0, 0.05) is 11.6 Å². The fraction of sp³-hybridized carbons (Fsp3) is 0.455. The third-order valence-corrected chi connectivity index (χ3v) is 2.97. The number of benzene rings is 1. The first-order valence-electron chi connectivity index (χ1n) is 4.94. The summed E-state index contributed by atoms with van der Waals surface area (Å²) >= 11 is 5.77. The molecule has 0 saturated heterocycles. The van der Waals surface area contributed by atoms with Crippen LogP contribution in [-0.2, 0) is 0 Å². The molecule has 0 aliphatic heterocycles. The van der Waals surface area contributed by atoms with Crippen molar-refractivity contribution in [3.63, 3.8) is 0 Å². The quantitative estimate of drug-likeness (QED) is 0.808. The highest BCUT2D eigenvalue weighted by Crippen LogP contribution is 2.27. The molecule has 2 rings (SSSR count). The smallest absolute Gasteiger partial charge is 0.146 e. The van der Waals surface area contributed by atoms with E-state index in [1.807, 2.05) is 0 Å². The molecule has 0 bridgehead atoms. The molecule has 0 spiro atoms. The Bertz CT molecular complexity index is 323. The van der Waals surface area contributed by atoms with E-state index in [-0.39, 0.29) is 5.82 Å². The van der Waals surface area contributed by atoms with Crippen molar-refractivity contribution in [3.05, 3.63) is 29.0 Å². The SMILES string of the molecule is Fc1ccc(Cl)cc1NCC1CCC1. The molecule has 1 aromatic rings. The van der Waals surface area contributed by atoms with Crippen molar-refractivity contribution in [2.45, 2.75) is 19.3 Å². The van der Waals surface area contributed by atoms with Crippen LogP contribution in [-0.4, -0.2) is 6.54 Å². The molecule has 0 heterocycles. The Morgan fingerprint density at radius 1 is 1.43 bits per heavy atom. The summed E-state index contributed by atoms with van der Waals surface area (Å²) in [4.78, 5) is 0. The van der Waals surface area contributed by atoms with Crippen LogP contribution >= 0.6 is 11.6 Å². The van der Waals surface area contributed by atoms with E-state index in [9.17, 15) is 4.39 Å². The van der Waals surface area contributed by atoms with Gasteiger partial charge < -0.3 is 5.32 Å². The van der Waals surface area contributed by atoms with E-state index in [1.54, 1.807) is 12.1 Å². The summed E-state index contributed by atoms with van der Waals surface area (Å²) in [5.41, 5.74) is 0.518. The molecule has 0 atom stereocenters. The topological polar surface area (TPSA) is 12.0 Å². The van der Waals surface area contributed by atoms with Crippen molar-refractivity contribution in [1.29, 1.82) is 0 Å². The fourth-order valence-electron chi connectivity index (χ4n) is 1.58. The zero-order chi connectivity index (χ0) is 9.97. The Hall–Kier alpha value is -0.760.